The first-order valence-electron chi connectivity index (χ1n) is 5.36. The summed E-state index contributed by atoms with van der Waals surface area (Å²) in [7, 11) is 0. The Morgan fingerprint density at radius 1 is 1.26 bits per heavy atom. The van der Waals surface area contributed by atoms with Crippen LogP contribution in [0.3, 0.4) is 0 Å². The number of halogens is 3. The second kappa shape index (κ2) is 4.75. The topological polar surface area (TPSA) is 46.9 Å². The average molecular weight is 269 g/mol. The fourth-order valence-electron chi connectivity index (χ4n) is 1.64. The van der Waals surface area contributed by atoms with Crippen LogP contribution < -0.4 is 5.32 Å². The number of benzene rings is 1. The molecule has 7 heteroatoms. The zero-order valence-corrected chi connectivity index (χ0v) is 9.90. The number of nitrogens with one attached hydrogen (secondary N) is 1. The van der Waals surface area contributed by atoms with Gasteiger partial charge in [-0.2, -0.15) is 18.3 Å². The van der Waals surface area contributed by atoms with Crippen molar-refractivity contribution in [2.24, 2.45) is 0 Å². The Labute approximate surface area is 106 Å². The summed E-state index contributed by atoms with van der Waals surface area (Å²) in [6.07, 6.45) is -3.94. The lowest BCUT2D eigenvalue weighted by Gasteiger charge is -2.05. The third kappa shape index (κ3) is 2.75. The van der Waals surface area contributed by atoms with Gasteiger partial charge in [-0.3, -0.25) is 4.79 Å². The highest BCUT2D eigenvalue weighted by atomic mass is 19.4. The third-order valence-electron chi connectivity index (χ3n) is 2.52. The van der Waals surface area contributed by atoms with Crippen LogP contribution in [0.2, 0.25) is 0 Å². The Bertz CT molecular complexity index is 587. The van der Waals surface area contributed by atoms with E-state index in [1.165, 1.54) is 4.68 Å². The van der Waals surface area contributed by atoms with E-state index in [9.17, 15) is 18.0 Å². The van der Waals surface area contributed by atoms with Gasteiger partial charge in [0.25, 0.3) is 0 Å². The number of hydrogen-bond donors (Lipinski definition) is 1. The summed E-state index contributed by atoms with van der Waals surface area (Å²) in [6, 6.07) is 7.30. The van der Waals surface area contributed by atoms with E-state index < -0.39 is 11.9 Å². The van der Waals surface area contributed by atoms with E-state index in [0.717, 1.165) is 6.07 Å². The van der Waals surface area contributed by atoms with E-state index in [4.69, 9.17) is 0 Å². The van der Waals surface area contributed by atoms with Crippen molar-refractivity contribution in [1.82, 2.24) is 9.78 Å². The molecule has 0 atom stereocenters. The SMILES string of the molecule is Cc1cc(C(F)(F)F)nn1-c1ccc(NC=O)cc1. The maximum Gasteiger partial charge on any atom is 0.435 e. The third-order valence-corrected chi connectivity index (χ3v) is 2.52. The summed E-state index contributed by atoms with van der Waals surface area (Å²) in [4.78, 5) is 10.2. The van der Waals surface area contributed by atoms with E-state index in [0.29, 0.717) is 23.5 Å². The molecule has 4 nitrogen and oxygen atoms in total. The lowest BCUT2D eigenvalue weighted by Crippen LogP contribution is -2.07. The lowest BCUT2D eigenvalue weighted by molar-refractivity contribution is -0.141. The molecule has 0 aliphatic rings. The van der Waals surface area contributed by atoms with E-state index >= 15 is 0 Å². The molecule has 0 unspecified atom stereocenters. The van der Waals surface area contributed by atoms with Crippen LogP contribution in [0.25, 0.3) is 5.69 Å². The maximum absolute atomic E-state index is 12.5. The number of alkyl halides is 3. The predicted octanol–water partition coefficient (Wildman–Crippen LogP) is 2.77. The van der Waals surface area contributed by atoms with Crippen LogP contribution in [0, 0.1) is 6.92 Å². The minimum absolute atomic E-state index is 0.378. The molecule has 1 amide bonds. The highest BCUT2D eigenvalue weighted by Crippen LogP contribution is 2.29. The smallest absolute Gasteiger partial charge is 0.329 e. The van der Waals surface area contributed by atoms with Crippen molar-refractivity contribution in [2.45, 2.75) is 13.1 Å². The van der Waals surface area contributed by atoms with Gasteiger partial charge in [0.2, 0.25) is 6.41 Å². The number of carbonyl (C=O) groups excluding carboxylic acids is 1. The van der Waals surface area contributed by atoms with Crippen molar-refractivity contribution >= 4 is 12.1 Å². The van der Waals surface area contributed by atoms with Gasteiger partial charge in [0.1, 0.15) is 0 Å². The molecular weight excluding hydrogens is 259 g/mol. The van der Waals surface area contributed by atoms with Gasteiger partial charge < -0.3 is 5.32 Å². The van der Waals surface area contributed by atoms with Crippen LogP contribution in [0.5, 0.6) is 0 Å². The maximum atomic E-state index is 12.5. The summed E-state index contributed by atoms with van der Waals surface area (Å²) in [5, 5.41) is 5.97. The van der Waals surface area contributed by atoms with Crippen LogP contribution in [0.4, 0.5) is 18.9 Å². The monoisotopic (exact) mass is 269 g/mol. The molecule has 2 aromatic rings. The first kappa shape index (κ1) is 13.1. The van der Waals surface area contributed by atoms with Crippen LogP contribution >= 0.6 is 0 Å². The lowest BCUT2D eigenvalue weighted by atomic mass is 10.3. The highest BCUT2D eigenvalue weighted by molar-refractivity contribution is 5.71. The first-order valence-corrected chi connectivity index (χ1v) is 5.36. The molecule has 100 valence electrons. The average Bonchev–Trinajstić information content (AvgIpc) is 2.73. The molecule has 1 heterocycles. The van der Waals surface area contributed by atoms with Crippen molar-refractivity contribution in [3.63, 3.8) is 0 Å². The molecule has 2 rings (SSSR count). The molecule has 0 spiro atoms. The van der Waals surface area contributed by atoms with E-state index in [1.807, 2.05) is 0 Å². The number of aromatic nitrogens is 2. The normalized spacial score (nSPS) is 11.4. The van der Waals surface area contributed by atoms with Gasteiger partial charge in [-0.25, -0.2) is 4.68 Å². The molecule has 0 aliphatic heterocycles. The van der Waals surface area contributed by atoms with Crippen LogP contribution in [0.15, 0.2) is 30.3 Å². The van der Waals surface area contributed by atoms with E-state index in [2.05, 4.69) is 10.4 Å². The van der Waals surface area contributed by atoms with Gasteiger partial charge in [-0.1, -0.05) is 0 Å². The van der Waals surface area contributed by atoms with Crippen molar-refractivity contribution < 1.29 is 18.0 Å². The highest BCUT2D eigenvalue weighted by Gasteiger charge is 2.34. The number of aryl methyl sites for hydroxylation is 1. The number of amides is 1. The van der Waals surface area contributed by atoms with Crippen LogP contribution in [-0.2, 0) is 11.0 Å². The summed E-state index contributed by atoms with van der Waals surface area (Å²) in [5.74, 6) is 0. The molecule has 0 radical (unpaired) electrons. The summed E-state index contributed by atoms with van der Waals surface area (Å²) in [5.41, 5.74) is 0.493. The molecular formula is C12H10F3N3O. The van der Waals surface area contributed by atoms with Crippen molar-refractivity contribution in [1.29, 1.82) is 0 Å². The number of rotatable bonds is 3. The summed E-state index contributed by atoms with van der Waals surface area (Å²) >= 11 is 0. The van der Waals surface area contributed by atoms with Crippen LogP contribution in [0.1, 0.15) is 11.4 Å². The van der Waals surface area contributed by atoms with Crippen molar-refractivity contribution in [3.8, 4) is 5.69 Å². The molecule has 0 saturated carbocycles. The van der Waals surface area contributed by atoms with Gasteiger partial charge in [0.05, 0.1) is 5.69 Å². The standard InChI is InChI=1S/C12H10F3N3O/c1-8-6-11(12(13,14)15)17-18(8)10-4-2-9(3-5-10)16-7-19/h2-7H,1H3,(H,16,19). The largest absolute Gasteiger partial charge is 0.435 e. The summed E-state index contributed by atoms with van der Waals surface area (Å²) in [6.45, 7) is 1.54. The van der Waals surface area contributed by atoms with Gasteiger partial charge in [0, 0.05) is 11.4 Å². The molecule has 1 aromatic carbocycles. The Morgan fingerprint density at radius 3 is 2.37 bits per heavy atom. The Kier molecular flexibility index (Phi) is 3.28. The van der Waals surface area contributed by atoms with Gasteiger partial charge in [-0.05, 0) is 37.3 Å². The Balaban J connectivity index is 2.36. The summed E-state index contributed by atoms with van der Waals surface area (Å²) < 4.78 is 38.8. The molecule has 0 bridgehead atoms. The predicted molar refractivity (Wildman–Crippen MR) is 63.0 cm³/mol. The fourth-order valence-corrected chi connectivity index (χ4v) is 1.64. The molecule has 0 aliphatic carbocycles. The van der Waals surface area contributed by atoms with E-state index in [-0.39, 0.29) is 0 Å². The number of anilines is 1. The number of hydrogen-bond acceptors (Lipinski definition) is 2. The molecule has 0 saturated heterocycles. The quantitative estimate of drug-likeness (QED) is 0.871. The molecule has 1 aromatic heterocycles. The Morgan fingerprint density at radius 2 is 1.89 bits per heavy atom. The second-order valence-corrected chi connectivity index (χ2v) is 3.89. The van der Waals surface area contributed by atoms with E-state index in [1.54, 1.807) is 31.2 Å². The molecule has 19 heavy (non-hydrogen) atoms. The Hall–Kier alpha value is -2.31. The van der Waals surface area contributed by atoms with Crippen molar-refractivity contribution in [3.05, 3.63) is 41.7 Å². The number of nitrogens with zero attached hydrogens (tertiary/aromatic N) is 2. The first-order chi connectivity index (χ1) is 8.91. The number of carbonyl (C=O) groups is 1. The van der Waals surface area contributed by atoms with Gasteiger partial charge in [-0.15, -0.1) is 0 Å². The minimum atomic E-state index is -4.46. The van der Waals surface area contributed by atoms with Gasteiger partial charge in [0.15, 0.2) is 5.69 Å². The van der Waals surface area contributed by atoms with Crippen molar-refractivity contribution in [2.75, 3.05) is 5.32 Å². The van der Waals surface area contributed by atoms with Gasteiger partial charge >= 0.3 is 6.18 Å². The zero-order valence-electron chi connectivity index (χ0n) is 9.90. The molecule has 0 fully saturated rings. The minimum Gasteiger partial charge on any atom is -0.329 e. The second-order valence-electron chi connectivity index (χ2n) is 3.89. The molecule has 1 N–H and O–H groups in total. The fraction of sp³-hybridized carbons (Fsp3) is 0.167. The van der Waals surface area contributed by atoms with Crippen LogP contribution in [-0.4, -0.2) is 16.2 Å². The zero-order chi connectivity index (χ0) is 14.0.